The molecule has 0 aromatic carbocycles. The monoisotopic (exact) mass is 264 g/mol. The molecule has 0 spiro atoms. The fourth-order valence-corrected chi connectivity index (χ4v) is 1.49. The van der Waals surface area contributed by atoms with Crippen LogP contribution in [-0.4, -0.2) is 54.9 Å². The van der Waals surface area contributed by atoms with Crippen molar-refractivity contribution in [1.82, 2.24) is 10.6 Å². The lowest BCUT2D eigenvalue weighted by molar-refractivity contribution is -0.139. The summed E-state index contributed by atoms with van der Waals surface area (Å²) in [7, 11) is 1.54. The van der Waals surface area contributed by atoms with Gasteiger partial charge in [-0.2, -0.15) is 11.8 Å². The molecule has 0 aromatic rings. The van der Waals surface area contributed by atoms with Gasteiger partial charge in [0.05, 0.1) is 6.10 Å². The minimum Gasteiger partial charge on any atom is -0.480 e. The number of urea groups is 1. The zero-order chi connectivity index (χ0) is 13.3. The molecule has 7 heteroatoms. The molecule has 0 aromatic heterocycles. The Morgan fingerprint density at radius 2 is 2.12 bits per heavy atom. The second kappa shape index (κ2) is 9.12. The molecule has 1 unspecified atom stereocenters. The molecule has 2 amide bonds. The van der Waals surface area contributed by atoms with Gasteiger partial charge in [-0.1, -0.05) is 0 Å². The van der Waals surface area contributed by atoms with Crippen LogP contribution in [0.5, 0.6) is 0 Å². The van der Waals surface area contributed by atoms with Crippen molar-refractivity contribution in [3.8, 4) is 0 Å². The van der Waals surface area contributed by atoms with Gasteiger partial charge in [0, 0.05) is 13.7 Å². The average Bonchev–Trinajstić information content (AvgIpc) is 2.30. The third-order valence-electron chi connectivity index (χ3n) is 2.17. The van der Waals surface area contributed by atoms with Crippen molar-refractivity contribution in [1.29, 1.82) is 0 Å². The van der Waals surface area contributed by atoms with E-state index in [1.165, 1.54) is 0 Å². The number of aliphatic carboxylic acids is 1. The number of carboxylic acids is 1. The molecule has 0 fully saturated rings. The van der Waals surface area contributed by atoms with E-state index >= 15 is 0 Å². The Labute approximate surface area is 105 Å². The van der Waals surface area contributed by atoms with Crippen molar-refractivity contribution in [2.75, 3.05) is 25.7 Å². The average molecular weight is 264 g/mol. The Morgan fingerprint density at radius 1 is 1.47 bits per heavy atom. The number of hydrogen-bond donors (Lipinski definition) is 3. The maximum Gasteiger partial charge on any atom is 0.326 e. The number of amides is 2. The number of carboxylic acid groups (broad SMARTS) is 1. The first-order valence-electron chi connectivity index (χ1n) is 5.30. The maximum absolute atomic E-state index is 11.4. The van der Waals surface area contributed by atoms with Gasteiger partial charge in [-0.15, -0.1) is 0 Å². The Bertz CT molecular complexity index is 250. The van der Waals surface area contributed by atoms with E-state index in [9.17, 15) is 9.59 Å². The molecule has 0 heterocycles. The van der Waals surface area contributed by atoms with Gasteiger partial charge in [0.15, 0.2) is 0 Å². The first kappa shape index (κ1) is 16.1. The first-order chi connectivity index (χ1) is 8.01. The highest BCUT2D eigenvalue weighted by atomic mass is 32.2. The predicted octanol–water partition coefficient (Wildman–Crippen LogP) is 0.527. The van der Waals surface area contributed by atoms with Crippen molar-refractivity contribution in [3.63, 3.8) is 0 Å². The van der Waals surface area contributed by atoms with E-state index in [-0.39, 0.29) is 6.10 Å². The third-order valence-corrected chi connectivity index (χ3v) is 2.81. The van der Waals surface area contributed by atoms with Crippen LogP contribution in [0.4, 0.5) is 4.79 Å². The summed E-state index contributed by atoms with van der Waals surface area (Å²) in [6.07, 6.45) is 2.19. The molecule has 0 saturated carbocycles. The molecule has 100 valence electrons. The molecular formula is C10H20N2O4S. The maximum atomic E-state index is 11.4. The Balaban J connectivity index is 3.99. The minimum atomic E-state index is -1.02. The van der Waals surface area contributed by atoms with Crippen molar-refractivity contribution in [3.05, 3.63) is 0 Å². The molecule has 6 nitrogen and oxygen atoms in total. The zero-order valence-corrected chi connectivity index (χ0v) is 11.2. The number of thioether (sulfide) groups is 1. The molecular weight excluding hydrogens is 244 g/mol. The number of ether oxygens (including phenoxy) is 1. The summed E-state index contributed by atoms with van der Waals surface area (Å²) in [4.78, 5) is 22.3. The van der Waals surface area contributed by atoms with Gasteiger partial charge in [-0.3, -0.25) is 0 Å². The van der Waals surface area contributed by atoms with Crippen molar-refractivity contribution < 1.29 is 19.4 Å². The fourth-order valence-electron chi connectivity index (χ4n) is 1.02. The minimum absolute atomic E-state index is 0.102. The van der Waals surface area contributed by atoms with Crippen molar-refractivity contribution in [2.24, 2.45) is 0 Å². The molecule has 0 radical (unpaired) electrons. The molecule has 0 saturated heterocycles. The van der Waals surface area contributed by atoms with E-state index in [1.807, 2.05) is 13.2 Å². The Hall–Kier alpha value is -0.950. The van der Waals surface area contributed by atoms with Gasteiger partial charge >= 0.3 is 12.0 Å². The summed E-state index contributed by atoms with van der Waals surface area (Å²) >= 11 is 1.54. The molecule has 0 bridgehead atoms. The Kier molecular flexibility index (Phi) is 8.61. The second-order valence-corrected chi connectivity index (χ2v) is 4.56. The molecule has 2 atom stereocenters. The van der Waals surface area contributed by atoms with E-state index in [1.54, 1.807) is 18.9 Å². The number of carbonyl (C=O) groups excluding carboxylic acids is 1. The number of rotatable bonds is 8. The van der Waals surface area contributed by atoms with Crippen LogP contribution in [0, 0.1) is 0 Å². The van der Waals surface area contributed by atoms with E-state index < -0.39 is 18.0 Å². The van der Waals surface area contributed by atoms with Gasteiger partial charge in [-0.25, -0.2) is 9.59 Å². The van der Waals surface area contributed by atoms with E-state index in [4.69, 9.17) is 9.84 Å². The number of nitrogens with one attached hydrogen (secondary N) is 2. The van der Waals surface area contributed by atoms with Crippen LogP contribution < -0.4 is 10.6 Å². The normalized spacial score (nSPS) is 13.8. The smallest absolute Gasteiger partial charge is 0.326 e. The lowest BCUT2D eigenvalue weighted by atomic mass is 10.2. The molecule has 0 aliphatic rings. The van der Waals surface area contributed by atoms with Crippen LogP contribution in [0.15, 0.2) is 0 Å². The highest BCUT2D eigenvalue weighted by Gasteiger charge is 2.19. The largest absolute Gasteiger partial charge is 0.480 e. The summed E-state index contributed by atoms with van der Waals surface area (Å²) in [5.41, 5.74) is 0. The summed E-state index contributed by atoms with van der Waals surface area (Å²) in [5, 5.41) is 13.9. The van der Waals surface area contributed by atoms with Crippen LogP contribution in [0.2, 0.25) is 0 Å². The molecule has 0 rings (SSSR count). The lowest BCUT2D eigenvalue weighted by Crippen LogP contribution is -2.47. The predicted molar refractivity (Wildman–Crippen MR) is 67.4 cm³/mol. The van der Waals surface area contributed by atoms with Gasteiger partial charge in [0.25, 0.3) is 0 Å². The Morgan fingerprint density at radius 3 is 2.59 bits per heavy atom. The van der Waals surface area contributed by atoms with Crippen molar-refractivity contribution in [2.45, 2.75) is 25.5 Å². The quantitative estimate of drug-likeness (QED) is 0.595. The van der Waals surface area contributed by atoms with Gasteiger partial charge < -0.3 is 20.5 Å². The first-order valence-corrected chi connectivity index (χ1v) is 6.69. The van der Waals surface area contributed by atoms with E-state index in [2.05, 4.69) is 10.6 Å². The topological polar surface area (TPSA) is 87.7 Å². The third kappa shape index (κ3) is 7.87. The van der Waals surface area contributed by atoms with E-state index in [0.29, 0.717) is 18.7 Å². The summed E-state index contributed by atoms with van der Waals surface area (Å²) in [5.74, 6) is -0.333. The van der Waals surface area contributed by atoms with Crippen LogP contribution in [0.1, 0.15) is 13.3 Å². The van der Waals surface area contributed by atoms with Crippen LogP contribution in [0.25, 0.3) is 0 Å². The molecule has 3 N–H and O–H groups in total. The van der Waals surface area contributed by atoms with E-state index in [0.717, 1.165) is 0 Å². The summed E-state index contributed by atoms with van der Waals surface area (Å²) < 4.78 is 4.96. The number of hydrogen-bond acceptors (Lipinski definition) is 4. The standard InChI is InChI=1S/C10H20N2O4S/c1-7(16-2)6-11-10(15)12-8(9(13)14)4-5-17-3/h7-8H,4-6H2,1-3H3,(H,13,14)(H2,11,12,15)/t7?,8-/m0/s1. The van der Waals surface area contributed by atoms with Crippen LogP contribution >= 0.6 is 11.8 Å². The van der Waals surface area contributed by atoms with Gasteiger partial charge in [0.2, 0.25) is 0 Å². The van der Waals surface area contributed by atoms with Crippen LogP contribution in [-0.2, 0) is 9.53 Å². The molecule has 0 aliphatic carbocycles. The summed E-state index contributed by atoms with van der Waals surface area (Å²) in [6, 6.07) is -1.33. The highest BCUT2D eigenvalue weighted by molar-refractivity contribution is 7.98. The molecule has 17 heavy (non-hydrogen) atoms. The molecule has 0 aliphatic heterocycles. The van der Waals surface area contributed by atoms with Gasteiger partial charge in [-0.05, 0) is 25.4 Å². The second-order valence-electron chi connectivity index (χ2n) is 3.57. The zero-order valence-electron chi connectivity index (χ0n) is 10.4. The summed E-state index contributed by atoms with van der Waals surface area (Å²) in [6.45, 7) is 2.15. The lowest BCUT2D eigenvalue weighted by Gasteiger charge is -2.16. The van der Waals surface area contributed by atoms with Crippen LogP contribution in [0.3, 0.4) is 0 Å². The highest BCUT2D eigenvalue weighted by Crippen LogP contribution is 2.00. The fraction of sp³-hybridized carbons (Fsp3) is 0.800. The van der Waals surface area contributed by atoms with Crippen molar-refractivity contribution >= 4 is 23.8 Å². The SMILES string of the molecule is COC(C)CNC(=O)N[C@@H](CCSC)C(=O)O. The number of carbonyl (C=O) groups is 2. The number of methoxy groups -OCH3 is 1. The van der Waals surface area contributed by atoms with Gasteiger partial charge in [0.1, 0.15) is 6.04 Å².